The number of carbonyl (C=O) groups excluding carboxylic acids is 4. The normalized spacial score (nSPS) is 26.4. The monoisotopic (exact) mass is 638 g/mol. The number of anilines is 2. The Labute approximate surface area is 266 Å². The van der Waals surface area contributed by atoms with Gasteiger partial charge >= 0.3 is 0 Å². The first kappa shape index (κ1) is 29.8. The third-order valence-electron chi connectivity index (χ3n) is 9.86. The predicted octanol–water partition coefficient (Wildman–Crippen LogP) is 4.26. The molecule has 2 aliphatic carbocycles. The zero-order valence-corrected chi connectivity index (χ0v) is 24.7. The molecular formula is C33H26N4O10. The van der Waals surface area contributed by atoms with Gasteiger partial charge in [-0.15, -0.1) is 0 Å². The highest BCUT2D eigenvalue weighted by Crippen LogP contribution is 2.60. The highest BCUT2D eigenvalue weighted by molar-refractivity contribution is 6.24. The second kappa shape index (κ2) is 10.9. The Balaban J connectivity index is 1.33. The third kappa shape index (κ3) is 4.39. The van der Waals surface area contributed by atoms with Crippen molar-refractivity contribution in [2.45, 2.75) is 18.8 Å². The van der Waals surface area contributed by atoms with E-state index in [0.717, 1.165) is 9.80 Å². The fraction of sp³-hybridized carbons (Fsp3) is 0.273. The summed E-state index contributed by atoms with van der Waals surface area (Å²) in [5.41, 5.74) is 0.820. The van der Waals surface area contributed by atoms with E-state index in [1.54, 1.807) is 12.1 Å². The van der Waals surface area contributed by atoms with Gasteiger partial charge in [0.2, 0.25) is 23.6 Å². The molecule has 0 bridgehead atoms. The second-order valence-electron chi connectivity index (χ2n) is 12.0. The Bertz CT molecular complexity index is 1920. The van der Waals surface area contributed by atoms with E-state index in [2.05, 4.69) is 0 Å². The third-order valence-corrected chi connectivity index (χ3v) is 9.86. The maximum Gasteiger partial charge on any atom is 0.269 e. The van der Waals surface area contributed by atoms with Crippen LogP contribution in [0.5, 0.6) is 11.5 Å². The summed E-state index contributed by atoms with van der Waals surface area (Å²) in [5.74, 6) is -7.20. The number of nitrogens with zero attached hydrogens (tertiary/aromatic N) is 4. The molecule has 4 aliphatic rings. The lowest BCUT2D eigenvalue weighted by atomic mass is 9.57. The molecule has 2 aliphatic heterocycles. The van der Waals surface area contributed by atoms with Crippen LogP contribution < -0.4 is 14.5 Å². The number of fused-ring (bicyclic) bond motifs is 4. The summed E-state index contributed by atoms with van der Waals surface area (Å²) in [7, 11) is 1.41. The minimum atomic E-state index is -1.00. The van der Waals surface area contributed by atoms with Crippen LogP contribution in [0.25, 0.3) is 0 Å². The van der Waals surface area contributed by atoms with Crippen LogP contribution in [0.15, 0.2) is 78.4 Å². The number of rotatable bonds is 6. The standard InChI is InChI=1S/C33H26N4O10/c1-47-25-4-2-3-24(38)29(25)27-20-13-14-21-26(32(41)34(30(21)39)16-5-9-18(10-6-16)36(43)44)22(20)15-23-28(27)33(42)35(31(23)40)17-7-11-19(12-8-17)37(45)46/h2-13,21-23,26-28,38H,14-15H2,1H3/t21-,22+,23+,26-,27-,28+/m0/s1. The molecule has 3 aromatic rings. The Morgan fingerprint density at radius 2 is 1.26 bits per heavy atom. The average molecular weight is 639 g/mol. The topological polar surface area (TPSA) is 190 Å². The Morgan fingerprint density at radius 1 is 0.723 bits per heavy atom. The fourth-order valence-electron chi connectivity index (χ4n) is 7.89. The molecule has 4 amide bonds. The van der Waals surface area contributed by atoms with Gasteiger partial charge in [0.05, 0.1) is 52.0 Å². The molecule has 238 valence electrons. The van der Waals surface area contributed by atoms with Crippen LogP contribution in [0, 0.1) is 49.8 Å². The van der Waals surface area contributed by atoms with Crippen LogP contribution >= 0.6 is 0 Å². The van der Waals surface area contributed by atoms with Crippen molar-refractivity contribution >= 4 is 46.4 Å². The molecule has 2 saturated heterocycles. The molecule has 0 spiro atoms. The number of methoxy groups -OCH3 is 1. The number of imide groups is 2. The van der Waals surface area contributed by atoms with E-state index in [1.165, 1.54) is 61.7 Å². The molecule has 1 saturated carbocycles. The second-order valence-corrected chi connectivity index (χ2v) is 12.0. The van der Waals surface area contributed by atoms with E-state index in [0.29, 0.717) is 5.57 Å². The number of ether oxygens (including phenoxy) is 1. The average Bonchev–Trinajstić information content (AvgIpc) is 3.47. The Morgan fingerprint density at radius 3 is 1.79 bits per heavy atom. The number of aromatic hydroxyl groups is 1. The molecule has 2 heterocycles. The number of nitro benzene ring substituents is 2. The summed E-state index contributed by atoms with van der Waals surface area (Å²) >= 11 is 0. The van der Waals surface area contributed by atoms with Crippen molar-refractivity contribution in [2.24, 2.45) is 29.6 Å². The number of hydrogen-bond donors (Lipinski definition) is 1. The molecule has 3 fully saturated rings. The molecule has 14 heteroatoms. The molecular weight excluding hydrogens is 612 g/mol. The van der Waals surface area contributed by atoms with Gasteiger partial charge in [0.25, 0.3) is 11.4 Å². The number of carbonyl (C=O) groups is 4. The van der Waals surface area contributed by atoms with Crippen LogP contribution in [0.1, 0.15) is 24.3 Å². The van der Waals surface area contributed by atoms with E-state index in [4.69, 9.17) is 4.74 Å². The predicted molar refractivity (Wildman–Crippen MR) is 163 cm³/mol. The summed E-state index contributed by atoms with van der Waals surface area (Å²) < 4.78 is 5.60. The number of nitro groups is 2. The molecule has 47 heavy (non-hydrogen) atoms. The lowest BCUT2D eigenvalue weighted by Crippen LogP contribution is -2.43. The summed E-state index contributed by atoms with van der Waals surface area (Å²) in [5, 5.41) is 33.6. The van der Waals surface area contributed by atoms with Crippen LogP contribution in [-0.2, 0) is 19.2 Å². The van der Waals surface area contributed by atoms with Gasteiger partial charge in [0, 0.05) is 35.7 Å². The van der Waals surface area contributed by atoms with Crippen LogP contribution in [0.2, 0.25) is 0 Å². The lowest BCUT2D eigenvalue weighted by molar-refractivity contribution is -0.385. The number of allylic oxidation sites excluding steroid dienone is 2. The van der Waals surface area contributed by atoms with E-state index in [9.17, 15) is 44.5 Å². The Hall–Kier alpha value is -5.92. The van der Waals surface area contributed by atoms with Crippen LogP contribution in [0.3, 0.4) is 0 Å². The van der Waals surface area contributed by atoms with Crippen molar-refractivity contribution in [3.05, 3.63) is 104 Å². The molecule has 7 rings (SSSR count). The maximum atomic E-state index is 14.2. The smallest absolute Gasteiger partial charge is 0.269 e. The van der Waals surface area contributed by atoms with E-state index in [1.807, 2.05) is 6.08 Å². The van der Waals surface area contributed by atoms with E-state index in [-0.39, 0.29) is 52.7 Å². The van der Waals surface area contributed by atoms with Crippen LogP contribution in [0.4, 0.5) is 22.7 Å². The Kier molecular flexibility index (Phi) is 6.88. The van der Waals surface area contributed by atoms with Gasteiger partial charge in [0.1, 0.15) is 11.5 Å². The maximum absolute atomic E-state index is 14.2. The summed E-state index contributed by atoms with van der Waals surface area (Å²) in [4.78, 5) is 79.5. The quantitative estimate of drug-likeness (QED) is 0.177. The highest BCUT2D eigenvalue weighted by Gasteiger charge is 2.63. The number of hydrogen-bond acceptors (Lipinski definition) is 10. The van der Waals surface area contributed by atoms with Gasteiger partial charge in [-0.3, -0.25) is 49.2 Å². The summed E-state index contributed by atoms with van der Waals surface area (Å²) in [6, 6.07) is 14.8. The van der Waals surface area contributed by atoms with Gasteiger partial charge < -0.3 is 9.84 Å². The largest absolute Gasteiger partial charge is 0.508 e. The van der Waals surface area contributed by atoms with Gasteiger partial charge in [-0.05, 0) is 55.2 Å². The van der Waals surface area contributed by atoms with Crippen molar-refractivity contribution in [1.82, 2.24) is 0 Å². The molecule has 0 unspecified atom stereocenters. The number of non-ortho nitro benzene ring substituents is 2. The van der Waals surface area contributed by atoms with Crippen molar-refractivity contribution in [2.75, 3.05) is 16.9 Å². The molecule has 14 nitrogen and oxygen atoms in total. The molecule has 0 radical (unpaired) electrons. The minimum Gasteiger partial charge on any atom is -0.508 e. The van der Waals surface area contributed by atoms with Crippen molar-refractivity contribution in [3.63, 3.8) is 0 Å². The lowest BCUT2D eigenvalue weighted by Gasteiger charge is -2.44. The van der Waals surface area contributed by atoms with E-state index < -0.39 is 69.0 Å². The summed E-state index contributed by atoms with van der Waals surface area (Å²) in [6.45, 7) is 0. The molecule has 3 aromatic carbocycles. The summed E-state index contributed by atoms with van der Waals surface area (Å²) in [6.07, 6.45) is 2.03. The number of amides is 4. The van der Waals surface area contributed by atoms with Crippen LogP contribution in [-0.4, -0.2) is 45.7 Å². The first-order valence-electron chi connectivity index (χ1n) is 14.8. The number of benzene rings is 3. The van der Waals surface area contributed by atoms with Gasteiger partial charge in [0.15, 0.2) is 0 Å². The zero-order valence-electron chi connectivity index (χ0n) is 24.7. The van der Waals surface area contributed by atoms with Gasteiger partial charge in [-0.2, -0.15) is 0 Å². The number of phenolic OH excluding ortho intramolecular Hbond substituents is 1. The molecule has 1 N–H and O–H groups in total. The van der Waals surface area contributed by atoms with Gasteiger partial charge in [-0.1, -0.05) is 17.7 Å². The van der Waals surface area contributed by atoms with Crippen molar-refractivity contribution < 1.29 is 38.9 Å². The first-order valence-corrected chi connectivity index (χ1v) is 14.8. The van der Waals surface area contributed by atoms with E-state index >= 15 is 0 Å². The van der Waals surface area contributed by atoms with Gasteiger partial charge in [-0.25, -0.2) is 0 Å². The first-order chi connectivity index (χ1) is 22.5. The van der Waals surface area contributed by atoms with Crippen molar-refractivity contribution in [1.29, 1.82) is 0 Å². The fourth-order valence-corrected chi connectivity index (χ4v) is 7.89. The SMILES string of the molecule is COc1cccc(O)c1[C@H]1C2=CC[C@@H]3C(=O)N(c4ccc([N+](=O)[O-])cc4)C(=O)[C@@H]3[C@@H]2C[C@H]2C(=O)N(c3ccc([N+](=O)[O-])cc3)C(=O)[C@@H]12. The molecule has 0 aromatic heterocycles. The zero-order chi connectivity index (χ0) is 33.3. The van der Waals surface area contributed by atoms with Crippen molar-refractivity contribution in [3.8, 4) is 11.5 Å². The molecule has 6 atom stereocenters. The number of phenols is 1. The minimum absolute atomic E-state index is 0.0608. The highest BCUT2D eigenvalue weighted by atomic mass is 16.6.